The van der Waals surface area contributed by atoms with Crippen LogP contribution < -0.4 is 17.2 Å². The van der Waals surface area contributed by atoms with Crippen LogP contribution in [-0.2, 0) is 0 Å². The predicted octanol–water partition coefficient (Wildman–Crippen LogP) is -1.31. The number of hydrogen-bond donors (Lipinski definition) is 4. The molecule has 0 atom stereocenters. The highest BCUT2D eigenvalue weighted by Crippen LogP contribution is 2.00. The molecule has 0 saturated heterocycles. The molecule has 0 bridgehead atoms. The monoisotopic (exact) mass is 219 g/mol. The molecule has 0 aromatic heterocycles. The molecule has 0 spiro atoms. The van der Waals surface area contributed by atoms with Gasteiger partial charge in [-0.3, -0.25) is 4.99 Å². The molecule has 7 N–H and O–H groups in total. The third-order valence-electron chi connectivity index (χ3n) is 1.20. The Kier molecular flexibility index (Phi) is 8.05. The molecule has 6 nitrogen and oxygen atoms in total. The number of rotatable bonds is 6. The summed E-state index contributed by atoms with van der Waals surface area (Å²) in [7, 11) is 0. The molecule has 0 heterocycles. The smallest absolute Gasteiger partial charge is 0.218 e. The molecule has 0 aliphatic carbocycles. The van der Waals surface area contributed by atoms with Crippen LogP contribution in [-0.4, -0.2) is 41.7 Å². The number of guanidine groups is 2. The maximum absolute atomic E-state index is 8.50. The van der Waals surface area contributed by atoms with E-state index in [1.54, 1.807) is 11.8 Å². The minimum Gasteiger partial charge on any atom is -0.396 e. The largest absolute Gasteiger partial charge is 0.396 e. The molecular weight excluding hydrogens is 202 g/mol. The Hall–Kier alpha value is -0.950. The Balaban J connectivity index is 3.47. The summed E-state index contributed by atoms with van der Waals surface area (Å²) in [6, 6.07) is 0. The number of aliphatic imine (C=N–C) groups is 2. The second-order valence-corrected chi connectivity index (χ2v) is 3.69. The number of thioether (sulfide) groups is 1. The summed E-state index contributed by atoms with van der Waals surface area (Å²) in [5.41, 5.74) is 15.6. The zero-order chi connectivity index (χ0) is 10.8. The van der Waals surface area contributed by atoms with Crippen molar-refractivity contribution in [2.75, 3.05) is 24.7 Å². The van der Waals surface area contributed by atoms with Crippen LogP contribution >= 0.6 is 11.8 Å². The van der Waals surface area contributed by atoms with Crippen molar-refractivity contribution in [1.82, 2.24) is 0 Å². The van der Waals surface area contributed by atoms with Gasteiger partial charge in [-0.15, -0.1) is 0 Å². The molecule has 0 aromatic rings. The maximum Gasteiger partial charge on any atom is 0.218 e. The number of aliphatic hydroxyl groups excluding tert-OH is 1. The lowest BCUT2D eigenvalue weighted by molar-refractivity contribution is 0.296. The van der Waals surface area contributed by atoms with Crippen molar-refractivity contribution in [3.8, 4) is 0 Å². The van der Waals surface area contributed by atoms with Crippen molar-refractivity contribution in [3.05, 3.63) is 0 Å². The quantitative estimate of drug-likeness (QED) is 0.251. The van der Waals surface area contributed by atoms with Crippen molar-refractivity contribution < 1.29 is 5.11 Å². The zero-order valence-electron chi connectivity index (χ0n) is 8.02. The minimum absolute atomic E-state index is 0.0841. The lowest BCUT2D eigenvalue weighted by Crippen LogP contribution is -2.26. The molecular formula is C7H17N5OS. The summed E-state index contributed by atoms with van der Waals surface area (Å²) in [4.78, 5) is 7.49. The van der Waals surface area contributed by atoms with Crippen LogP contribution in [0.2, 0.25) is 0 Å². The average molecular weight is 219 g/mol. The molecule has 0 amide bonds. The van der Waals surface area contributed by atoms with E-state index in [1.165, 1.54) is 0 Å². The molecule has 14 heavy (non-hydrogen) atoms. The van der Waals surface area contributed by atoms with Gasteiger partial charge in [0.1, 0.15) is 0 Å². The first-order chi connectivity index (χ1) is 6.66. The van der Waals surface area contributed by atoms with E-state index in [9.17, 15) is 0 Å². The van der Waals surface area contributed by atoms with E-state index < -0.39 is 0 Å². The van der Waals surface area contributed by atoms with Gasteiger partial charge in [0, 0.05) is 12.4 Å². The Labute approximate surface area is 87.7 Å². The van der Waals surface area contributed by atoms with Crippen LogP contribution in [0.15, 0.2) is 9.98 Å². The van der Waals surface area contributed by atoms with E-state index in [0.717, 1.165) is 17.9 Å². The van der Waals surface area contributed by atoms with Gasteiger partial charge in [0.25, 0.3) is 0 Å². The highest BCUT2D eigenvalue weighted by molar-refractivity contribution is 7.99. The van der Waals surface area contributed by atoms with E-state index in [2.05, 4.69) is 9.98 Å². The minimum atomic E-state index is -0.0841. The van der Waals surface area contributed by atoms with Gasteiger partial charge < -0.3 is 22.3 Å². The number of nitrogens with two attached hydrogens (primary N) is 3. The molecule has 7 heteroatoms. The van der Waals surface area contributed by atoms with E-state index in [0.29, 0.717) is 6.54 Å². The van der Waals surface area contributed by atoms with Gasteiger partial charge in [0.05, 0.1) is 6.54 Å². The van der Waals surface area contributed by atoms with Gasteiger partial charge in [0.15, 0.2) is 5.96 Å². The predicted molar refractivity (Wildman–Crippen MR) is 61.3 cm³/mol. The number of nitrogens with zero attached hydrogens (tertiary/aromatic N) is 2. The standard InChI is InChI=1S/C7H17N5OS/c8-6(9)12-7(10)11-2-5-14-4-1-3-13/h13H,1-5H2,(H6,8,9,10,11,12). The Morgan fingerprint density at radius 2 is 1.93 bits per heavy atom. The van der Waals surface area contributed by atoms with Gasteiger partial charge in [0.2, 0.25) is 5.96 Å². The van der Waals surface area contributed by atoms with Crippen LogP contribution in [0.1, 0.15) is 6.42 Å². The molecule has 0 aromatic carbocycles. The van der Waals surface area contributed by atoms with E-state index in [-0.39, 0.29) is 18.5 Å². The zero-order valence-corrected chi connectivity index (χ0v) is 8.83. The molecule has 0 unspecified atom stereocenters. The third kappa shape index (κ3) is 9.14. The third-order valence-corrected chi connectivity index (χ3v) is 2.25. The molecule has 0 aliphatic rings. The molecule has 0 aliphatic heterocycles. The first-order valence-corrected chi connectivity index (χ1v) is 5.40. The van der Waals surface area contributed by atoms with E-state index in [1.807, 2.05) is 0 Å². The highest BCUT2D eigenvalue weighted by atomic mass is 32.2. The van der Waals surface area contributed by atoms with Crippen LogP contribution in [0, 0.1) is 0 Å². The van der Waals surface area contributed by atoms with Crippen molar-refractivity contribution in [1.29, 1.82) is 0 Å². The summed E-state index contributed by atoms with van der Waals surface area (Å²) in [5, 5.41) is 8.50. The summed E-state index contributed by atoms with van der Waals surface area (Å²) in [6.45, 7) is 0.811. The number of aliphatic hydroxyl groups is 1. The molecule has 0 fully saturated rings. The fourth-order valence-corrected chi connectivity index (χ4v) is 1.42. The molecule has 0 saturated carbocycles. The molecule has 0 radical (unpaired) electrons. The normalized spacial score (nSPS) is 11.4. The van der Waals surface area contributed by atoms with Gasteiger partial charge >= 0.3 is 0 Å². The first-order valence-electron chi connectivity index (χ1n) is 4.25. The summed E-state index contributed by atoms with van der Waals surface area (Å²) >= 11 is 1.71. The summed E-state index contributed by atoms with van der Waals surface area (Å²) < 4.78 is 0. The van der Waals surface area contributed by atoms with Crippen LogP contribution in [0.5, 0.6) is 0 Å². The van der Waals surface area contributed by atoms with Gasteiger partial charge in [-0.25, -0.2) is 0 Å². The molecule has 0 rings (SSSR count). The second-order valence-electron chi connectivity index (χ2n) is 2.47. The van der Waals surface area contributed by atoms with Crippen molar-refractivity contribution in [3.63, 3.8) is 0 Å². The van der Waals surface area contributed by atoms with Gasteiger partial charge in [-0.05, 0) is 12.2 Å². The van der Waals surface area contributed by atoms with Crippen LogP contribution in [0.25, 0.3) is 0 Å². The maximum atomic E-state index is 8.50. The fraction of sp³-hybridized carbons (Fsp3) is 0.714. The van der Waals surface area contributed by atoms with Gasteiger partial charge in [-0.2, -0.15) is 16.8 Å². The Bertz CT molecular complexity index is 202. The van der Waals surface area contributed by atoms with Gasteiger partial charge in [-0.1, -0.05) is 0 Å². The van der Waals surface area contributed by atoms with Crippen LogP contribution in [0.3, 0.4) is 0 Å². The second kappa shape index (κ2) is 8.64. The Morgan fingerprint density at radius 1 is 1.21 bits per heavy atom. The summed E-state index contributed by atoms with van der Waals surface area (Å²) in [5.74, 6) is 1.79. The Morgan fingerprint density at radius 3 is 2.50 bits per heavy atom. The summed E-state index contributed by atoms with van der Waals surface area (Å²) in [6.07, 6.45) is 0.803. The van der Waals surface area contributed by atoms with Crippen molar-refractivity contribution in [2.45, 2.75) is 6.42 Å². The van der Waals surface area contributed by atoms with E-state index >= 15 is 0 Å². The average Bonchev–Trinajstić information content (AvgIpc) is 2.10. The van der Waals surface area contributed by atoms with Crippen LogP contribution in [0.4, 0.5) is 0 Å². The SMILES string of the molecule is NC(N)=NC(N)=NCCSCCCO. The number of hydrogen-bond acceptors (Lipinski definition) is 3. The topological polar surface area (TPSA) is 123 Å². The fourth-order valence-electron chi connectivity index (χ4n) is 0.661. The highest BCUT2D eigenvalue weighted by Gasteiger charge is 1.90. The first kappa shape index (κ1) is 13.1. The van der Waals surface area contributed by atoms with Crippen molar-refractivity contribution in [2.24, 2.45) is 27.2 Å². The van der Waals surface area contributed by atoms with E-state index in [4.69, 9.17) is 22.3 Å². The lowest BCUT2D eigenvalue weighted by Gasteiger charge is -1.97. The lowest BCUT2D eigenvalue weighted by atomic mass is 10.5. The molecule has 82 valence electrons. The van der Waals surface area contributed by atoms with Crippen molar-refractivity contribution >= 4 is 23.7 Å².